The first-order chi connectivity index (χ1) is 9.28. The zero-order valence-electron chi connectivity index (χ0n) is 10.7. The minimum atomic E-state index is -0.0525. The second-order valence-electron chi connectivity index (χ2n) is 4.64. The van der Waals surface area contributed by atoms with Crippen molar-refractivity contribution in [3.05, 3.63) is 53.9 Å². The number of hydrogen-bond acceptors (Lipinski definition) is 4. The smallest absolute Gasteiger partial charge is 0.128 e. The predicted molar refractivity (Wildman–Crippen MR) is 72.1 cm³/mol. The summed E-state index contributed by atoms with van der Waals surface area (Å²) in [6.07, 6.45) is 4.28. The van der Waals surface area contributed by atoms with Gasteiger partial charge in [0.1, 0.15) is 17.6 Å². The van der Waals surface area contributed by atoms with Crippen LogP contribution in [0.4, 0.5) is 0 Å². The maximum atomic E-state index is 6.22. The Bertz CT molecular complexity index is 572. The average Bonchev–Trinajstić information content (AvgIpc) is 2.47. The Morgan fingerprint density at radius 1 is 1.37 bits per heavy atom. The van der Waals surface area contributed by atoms with E-state index in [1.165, 1.54) is 0 Å². The summed E-state index contributed by atoms with van der Waals surface area (Å²) in [4.78, 5) is 4.13. The molecular formula is C15H16N2O2. The number of methoxy groups -OCH3 is 1. The summed E-state index contributed by atoms with van der Waals surface area (Å²) in [5.41, 5.74) is 8.30. The van der Waals surface area contributed by atoms with Crippen LogP contribution in [0.25, 0.3) is 0 Å². The molecule has 4 heteroatoms. The van der Waals surface area contributed by atoms with E-state index in [0.717, 1.165) is 29.0 Å². The van der Waals surface area contributed by atoms with E-state index in [-0.39, 0.29) is 12.1 Å². The zero-order valence-corrected chi connectivity index (χ0v) is 10.7. The molecule has 1 aromatic heterocycles. The molecule has 2 aromatic rings. The number of hydrogen-bond donors (Lipinski definition) is 1. The van der Waals surface area contributed by atoms with Crippen LogP contribution in [0, 0.1) is 0 Å². The zero-order chi connectivity index (χ0) is 13.2. The molecule has 98 valence electrons. The summed E-state index contributed by atoms with van der Waals surface area (Å²) in [5, 5.41) is 0. The summed E-state index contributed by atoms with van der Waals surface area (Å²) in [7, 11) is 1.64. The van der Waals surface area contributed by atoms with Crippen LogP contribution < -0.4 is 15.2 Å². The monoisotopic (exact) mass is 256 g/mol. The fraction of sp³-hybridized carbons (Fsp3) is 0.267. The van der Waals surface area contributed by atoms with Crippen LogP contribution in [0.5, 0.6) is 11.5 Å². The van der Waals surface area contributed by atoms with Crippen LogP contribution in [0.15, 0.2) is 42.7 Å². The molecule has 0 bridgehead atoms. The number of rotatable bonds is 2. The van der Waals surface area contributed by atoms with Crippen molar-refractivity contribution in [1.82, 2.24) is 4.98 Å². The van der Waals surface area contributed by atoms with Crippen molar-refractivity contribution in [3.63, 3.8) is 0 Å². The van der Waals surface area contributed by atoms with Gasteiger partial charge in [-0.2, -0.15) is 0 Å². The van der Waals surface area contributed by atoms with E-state index in [2.05, 4.69) is 4.98 Å². The summed E-state index contributed by atoms with van der Waals surface area (Å²) < 4.78 is 11.3. The third-order valence-corrected chi connectivity index (χ3v) is 3.41. The van der Waals surface area contributed by atoms with Gasteiger partial charge in [0, 0.05) is 42.0 Å². The standard InChI is InChI=1S/C15H16N2O2/c1-18-11-4-5-12-13(16)8-14(19-15(12)7-11)10-3-2-6-17-9-10/h2-7,9,13-14H,8,16H2,1H3/t13-,14+/m1/s1. The minimum absolute atomic E-state index is 0.0279. The van der Waals surface area contributed by atoms with Gasteiger partial charge >= 0.3 is 0 Å². The molecule has 2 N–H and O–H groups in total. The van der Waals surface area contributed by atoms with E-state index in [0.29, 0.717) is 0 Å². The first kappa shape index (κ1) is 12.0. The van der Waals surface area contributed by atoms with Crippen molar-refractivity contribution in [2.75, 3.05) is 7.11 Å². The van der Waals surface area contributed by atoms with Crippen molar-refractivity contribution in [2.24, 2.45) is 5.73 Å². The van der Waals surface area contributed by atoms with Gasteiger partial charge in [-0.1, -0.05) is 12.1 Å². The van der Waals surface area contributed by atoms with E-state index in [4.69, 9.17) is 15.2 Å². The maximum absolute atomic E-state index is 6.22. The summed E-state index contributed by atoms with van der Waals surface area (Å²) in [6, 6.07) is 9.66. The highest BCUT2D eigenvalue weighted by Gasteiger charge is 2.27. The third kappa shape index (κ3) is 2.27. The van der Waals surface area contributed by atoms with Gasteiger partial charge in [0.2, 0.25) is 0 Å². The Labute approximate surface area is 112 Å². The topological polar surface area (TPSA) is 57.4 Å². The highest BCUT2D eigenvalue weighted by atomic mass is 16.5. The number of fused-ring (bicyclic) bond motifs is 1. The molecule has 0 fully saturated rings. The molecule has 0 radical (unpaired) electrons. The first-order valence-electron chi connectivity index (χ1n) is 6.28. The van der Waals surface area contributed by atoms with Crippen molar-refractivity contribution in [3.8, 4) is 11.5 Å². The number of pyridine rings is 1. The Balaban J connectivity index is 1.94. The van der Waals surface area contributed by atoms with Gasteiger partial charge < -0.3 is 15.2 Å². The SMILES string of the molecule is COc1ccc2c(c1)O[C@H](c1cccnc1)C[C@H]2N. The molecule has 0 saturated carbocycles. The fourth-order valence-electron chi connectivity index (χ4n) is 2.38. The molecule has 0 unspecified atom stereocenters. The van der Waals surface area contributed by atoms with Gasteiger partial charge in [-0.3, -0.25) is 4.98 Å². The molecule has 1 aliphatic rings. The molecule has 2 heterocycles. The molecule has 3 rings (SSSR count). The Morgan fingerprint density at radius 3 is 3.00 bits per heavy atom. The molecule has 19 heavy (non-hydrogen) atoms. The van der Waals surface area contributed by atoms with Crippen LogP contribution in [-0.2, 0) is 0 Å². The van der Waals surface area contributed by atoms with Crippen LogP contribution >= 0.6 is 0 Å². The number of benzene rings is 1. The fourth-order valence-corrected chi connectivity index (χ4v) is 2.38. The van der Waals surface area contributed by atoms with Crippen LogP contribution in [-0.4, -0.2) is 12.1 Å². The van der Waals surface area contributed by atoms with Gasteiger partial charge in [-0.05, 0) is 12.1 Å². The van der Waals surface area contributed by atoms with Crippen LogP contribution in [0.2, 0.25) is 0 Å². The normalized spacial score (nSPS) is 21.4. The van der Waals surface area contributed by atoms with Crippen molar-refractivity contribution >= 4 is 0 Å². The average molecular weight is 256 g/mol. The lowest BCUT2D eigenvalue weighted by Gasteiger charge is -2.30. The van der Waals surface area contributed by atoms with Crippen LogP contribution in [0.3, 0.4) is 0 Å². The van der Waals surface area contributed by atoms with E-state index < -0.39 is 0 Å². The summed E-state index contributed by atoms with van der Waals surface area (Å²) in [6.45, 7) is 0. The molecule has 1 aromatic carbocycles. The number of nitrogens with two attached hydrogens (primary N) is 1. The van der Waals surface area contributed by atoms with E-state index in [1.807, 2.05) is 36.5 Å². The van der Waals surface area contributed by atoms with Crippen molar-refractivity contribution < 1.29 is 9.47 Å². The van der Waals surface area contributed by atoms with Gasteiger partial charge in [0.15, 0.2) is 0 Å². The largest absolute Gasteiger partial charge is 0.497 e. The first-order valence-corrected chi connectivity index (χ1v) is 6.28. The molecule has 1 aliphatic heterocycles. The number of nitrogens with zero attached hydrogens (tertiary/aromatic N) is 1. The quantitative estimate of drug-likeness (QED) is 0.897. The van der Waals surface area contributed by atoms with Gasteiger partial charge in [-0.15, -0.1) is 0 Å². The number of aromatic nitrogens is 1. The second kappa shape index (κ2) is 4.90. The highest BCUT2D eigenvalue weighted by molar-refractivity contribution is 5.44. The summed E-state index contributed by atoms with van der Waals surface area (Å²) >= 11 is 0. The molecular weight excluding hydrogens is 240 g/mol. The lowest BCUT2D eigenvalue weighted by atomic mass is 9.94. The highest BCUT2D eigenvalue weighted by Crippen LogP contribution is 2.40. The van der Waals surface area contributed by atoms with E-state index in [1.54, 1.807) is 13.3 Å². The Kier molecular flexibility index (Phi) is 3.09. The summed E-state index contributed by atoms with van der Waals surface area (Å²) in [5.74, 6) is 1.57. The molecule has 0 spiro atoms. The molecule has 0 amide bonds. The lowest BCUT2D eigenvalue weighted by Crippen LogP contribution is -2.24. The third-order valence-electron chi connectivity index (χ3n) is 3.41. The van der Waals surface area contributed by atoms with Gasteiger partial charge in [0.25, 0.3) is 0 Å². The van der Waals surface area contributed by atoms with E-state index in [9.17, 15) is 0 Å². The van der Waals surface area contributed by atoms with E-state index >= 15 is 0 Å². The second-order valence-corrected chi connectivity index (χ2v) is 4.64. The number of ether oxygens (including phenoxy) is 2. The van der Waals surface area contributed by atoms with Crippen molar-refractivity contribution in [1.29, 1.82) is 0 Å². The van der Waals surface area contributed by atoms with Gasteiger partial charge in [-0.25, -0.2) is 0 Å². The molecule has 2 atom stereocenters. The molecule has 4 nitrogen and oxygen atoms in total. The predicted octanol–water partition coefficient (Wildman–Crippen LogP) is 2.61. The molecule has 0 saturated heterocycles. The maximum Gasteiger partial charge on any atom is 0.128 e. The Morgan fingerprint density at radius 2 is 2.26 bits per heavy atom. The van der Waals surface area contributed by atoms with Crippen molar-refractivity contribution in [2.45, 2.75) is 18.6 Å². The van der Waals surface area contributed by atoms with Crippen LogP contribution in [0.1, 0.15) is 29.7 Å². The van der Waals surface area contributed by atoms with Gasteiger partial charge in [0.05, 0.1) is 7.11 Å². The minimum Gasteiger partial charge on any atom is -0.497 e. The molecule has 0 aliphatic carbocycles. The lowest BCUT2D eigenvalue weighted by molar-refractivity contribution is 0.160. The Hall–Kier alpha value is -2.07.